The number of nitrogens with one attached hydrogen (secondary N) is 2. The first kappa shape index (κ1) is 31.4. The van der Waals surface area contributed by atoms with Crippen molar-refractivity contribution in [2.24, 2.45) is 0 Å². The molecule has 0 saturated heterocycles. The molecule has 3 rings (SSSR count). The van der Waals surface area contributed by atoms with Crippen LogP contribution in [0.1, 0.15) is 48.5 Å². The Morgan fingerprint density at radius 1 is 0.769 bits per heavy atom. The van der Waals surface area contributed by atoms with Crippen molar-refractivity contribution in [1.82, 2.24) is 5.32 Å². The Morgan fingerprint density at radius 3 is 1.67 bits per heavy atom. The van der Waals surface area contributed by atoms with Crippen molar-refractivity contribution in [2.75, 3.05) is 11.5 Å². The highest BCUT2D eigenvalue weighted by molar-refractivity contribution is 7.80. The van der Waals surface area contributed by atoms with Gasteiger partial charge in [0, 0.05) is 5.69 Å². The SMILES string of the molecule is CC(C)[Si](O[C@H](C)[C@@H](CP(c1ccccc1)c1ccccc1)NC(=S)Nc1ccc(F)cc1)(C(C)C)C(C)C. The average Bonchev–Trinajstić information content (AvgIpc) is 2.91. The van der Waals surface area contributed by atoms with E-state index in [1.54, 1.807) is 12.1 Å². The lowest BCUT2D eigenvalue weighted by Crippen LogP contribution is -2.55. The third-order valence-electron chi connectivity index (χ3n) is 7.60. The molecule has 0 aliphatic rings. The fourth-order valence-electron chi connectivity index (χ4n) is 5.77. The van der Waals surface area contributed by atoms with Crippen LogP contribution in [0.5, 0.6) is 0 Å². The Kier molecular flexibility index (Phi) is 11.7. The lowest BCUT2D eigenvalue weighted by atomic mass is 10.2. The van der Waals surface area contributed by atoms with E-state index in [1.807, 2.05) is 0 Å². The fraction of sp³-hybridized carbons (Fsp3) is 0.406. The molecule has 3 aromatic carbocycles. The topological polar surface area (TPSA) is 33.3 Å². The van der Waals surface area contributed by atoms with Gasteiger partial charge >= 0.3 is 0 Å². The standard InChI is InChI=1S/C32H44FN2OPSSi/c1-23(2)39(24(3)4,25(5)6)36-26(7)31(35-32(38)34-28-20-18-27(33)19-21-28)22-37(29-14-10-8-11-15-29)30-16-12-9-13-17-30/h8-21,23-26,31H,22H2,1-7H3,(H2,34,35,38)/t26-,31-/m1/s1. The summed E-state index contributed by atoms with van der Waals surface area (Å²) >= 11 is 5.79. The summed E-state index contributed by atoms with van der Waals surface area (Å²) in [6.45, 7) is 16.1. The predicted octanol–water partition coefficient (Wildman–Crippen LogP) is 8.19. The number of benzene rings is 3. The van der Waals surface area contributed by atoms with Gasteiger partial charge in [-0.3, -0.25) is 0 Å². The zero-order valence-corrected chi connectivity index (χ0v) is 27.0. The molecule has 2 atom stereocenters. The molecule has 2 N–H and O–H groups in total. The van der Waals surface area contributed by atoms with Crippen molar-refractivity contribution in [3.05, 3.63) is 90.7 Å². The molecular weight excluding hydrogens is 538 g/mol. The number of hydrogen-bond acceptors (Lipinski definition) is 2. The largest absolute Gasteiger partial charge is 0.411 e. The van der Waals surface area contributed by atoms with E-state index in [4.69, 9.17) is 16.6 Å². The summed E-state index contributed by atoms with van der Waals surface area (Å²) in [5.74, 6) is -0.270. The third kappa shape index (κ3) is 8.20. The van der Waals surface area contributed by atoms with Crippen molar-refractivity contribution in [1.29, 1.82) is 0 Å². The molecular formula is C32H44FN2OPSSi. The van der Waals surface area contributed by atoms with Crippen LogP contribution in [0, 0.1) is 5.82 Å². The van der Waals surface area contributed by atoms with Crippen LogP contribution in [0.15, 0.2) is 84.9 Å². The zero-order chi connectivity index (χ0) is 28.6. The summed E-state index contributed by atoms with van der Waals surface area (Å²) in [5.41, 5.74) is 2.20. The second kappa shape index (κ2) is 14.5. The van der Waals surface area contributed by atoms with E-state index in [-0.39, 0.29) is 18.0 Å². The van der Waals surface area contributed by atoms with Crippen LogP contribution in [0.25, 0.3) is 0 Å². The Labute approximate surface area is 242 Å². The van der Waals surface area contributed by atoms with Gasteiger partial charge in [-0.2, -0.15) is 0 Å². The smallest absolute Gasteiger partial charge is 0.200 e. The molecule has 0 saturated carbocycles. The van der Waals surface area contributed by atoms with Crippen LogP contribution < -0.4 is 21.2 Å². The maximum Gasteiger partial charge on any atom is 0.200 e. The van der Waals surface area contributed by atoms with E-state index in [0.29, 0.717) is 21.7 Å². The highest BCUT2D eigenvalue weighted by Crippen LogP contribution is 2.44. The molecule has 0 unspecified atom stereocenters. The monoisotopic (exact) mass is 582 g/mol. The van der Waals surface area contributed by atoms with E-state index in [1.165, 1.54) is 22.7 Å². The summed E-state index contributed by atoms with van der Waals surface area (Å²) in [6.07, 6.45) is 0.809. The lowest BCUT2D eigenvalue weighted by molar-refractivity contribution is 0.163. The van der Waals surface area contributed by atoms with Crippen LogP contribution in [0.4, 0.5) is 10.1 Å². The third-order valence-corrected chi connectivity index (χ3v) is 16.6. The highest BCUT2D eigenvalue weighted by Gasteiger charge is 2.47. The number of thiocarbonyl (C=S) groups is 1. The second-order valence-electron chi connectivity index (χ2n) is 11.1. The van der Waals surface area contributed by atoms with E-state index in [0.717, 1.165) is 11.8 Å². The average molecular weight is 583 g/mol. The van der Waals surface area contributed by atoms with E-state index >= 15 is 0 Å². The summed E-state index contributed by atoms with van der Waals surface area (Å²) in [7, 11) is -2.80. The van der Waals surface area contributed by atoms with Gasteiger partial charge in [0.15, 0.2) is 5.11 Å². The normalized spacial score (nSPS) is 13.6. The van der Waals surface area contributed by atoms with E-state index in [2.05, 4.69) is 120 Å². The quantitative estimate of drug-likeness (QED) is 0.128. The van der Waals surface area contributed by atoms with Crippen molar-refractivity contribution in [3.8, 4) is 0 Å². The van der Waals surface area contributed by atoms with Gasteiger partial charge in [0.05, 0.1) is 12.1 Å². The second-order valence-corrected chi connectivity index (χ2v) is 19.2. The van der Waals surface area contributed by atoms with Crippen LogP contribution >= 0.6 is 20.1 Å². The molecule has 0 aliphatic carbocycles. The molecule has 7 heteroatoms. The van der Waals surface area contributed by atoms with Gasteiger partial charge in [-0.1, -0.05) is 102 Å². The fourth-order valence-corrected chi connectivity index (χ4v) is 14.2. The molecule has 0 heterocycles. The molecule has 0 spiro atoms. The van der Waals surface area contributed by atoms with Gasteiger partial charge in [0.2, 0.25) is 8.32 Å². The Balaban J connectivity index is 1.96. The Bertz CT molecular complexity index is 1100. The number of anilines is 1. The van der Waals surface area contributed by atoms with Crippen molar-refractivity contribution in [2.45, 2.75) is 77.2 Å². The van der Waals surface area contributed by atoms with Gasteiger partial charge in [0.1, 0.15) is 5.82 Å². The van der Waals surface area contributed by atoms with E-state index < -0.39 is 16.2 Å². The molecule has 210 valence electrons. The van der Waals surface area contributed by atoms with Gasteiger partial charge in [0.25, 0.3) is 0 Å². The highest BCUT2D eigenvalue weighted by atomic mass is 32.1. The molecule has 0 aromatic heterocycles. The first-order valence-electron chi connectivity index (χ1n) is 13.9. The first-order valence-corrected chi connectivity index (χ1v) is 18.0. The molecule has 0 fully saturated rings. The number of rotatable bonds is 12. The van der Waals surface area contributed by atoms with Crippen molar-refractivity contribution >= 4 is 49.9 Å². The number of halogens is 1. The molecule has 3 nitrogen and oxygen atoms in total. The molecule has 0 aliphatic heterocycles. The first-order chi connectivity index (χ1) is 18.5. The van der Waals surface area contributed by atoms with Crippen LogP contribution in [-0.4, -0.2) is 31.7 Å². The lowest BCUT2D eigenvalue weighted by Gasteiger charge is -2.46. The van der Waals surface area contributed by atoms with Gasteiger partial charge in [-0.25, -0.2) is 4.39 Å². The maximum absolute atomic E-state index is 13.5. The van der Waals surface area contributed by atoms with Crippen molar-refractivity contribution in [3.63, 3.8) is 0 Å². The summed E-state index contributed by atoms with van der Waals surface area (Å²) < 4.78 is 20.7. The summed E-state index contributed by atoms with van der Waals surface area (Å²) in [4.78, 5) is 0. The number of hydrogen-bond donors (Lipinski definition) is 2. The predicted molar refractivity (Wildman–Crippen MR) is 175 cm³/mol. The summed E-state index contributed by atoms with van der Waals surface area (Å²) in [5, 5.41) is 10.1. The van der Waals surface area contributed by atoms with Gasteiger partial charge in [-0.15, -0.1) is 0 Å². The van der Waals surface area contributed by atoms with E-state index in [9.17, 15) is 4.39 Å². The van der Waals surface area contributed by atoms with Crippen LogP contribution in [0.3, 0.4) is 0 Å². The molecule has 0 amide bonds. The zero-order valence-electron chi connectivity index (χ0n) is 24.3. The minimum Gasteiger partial charge on any atom is -0.411 e. The molecule has 0 radical (unpaired) electrons. The summed E-state index contributed by atoms with van der Waals surface area (Å²) in [6, 6.07) is 27.8. The molecule has 3 aromatic rings. The minimum absolute atomic E-state index is 0.0277. The molecule has 0 bridgehead atoms. The van der Waals surface area contributed by atoms with Gasteiger partial charge < -0.3 is 15.1 Å². The van der Waals surface area contributed by atoms with Crippen LogP contribution in [0.2, 0.25) is 16.6 Å². The van der Waals surface area contributed by atoms with Gasteiger partial charge in [-0.05, 0) is 84.7 Å². The Morgan fingerprint density at radius 2 is 1.23 bits per heavy atom. The van der Waals surface area contributed by atoms with Crippen molar-refractivity contribution < 1.29 is 8.82 Å². The Hall–Kier alpha value is -2.11. The maximum atomic E-state index is 13.5. The molecule has 39 heavy (non-hydrogen) atoms. The van der Waals surface area contributed by atoms with Crippen LogP contribution in [-0.2, 0) is 4.43 Å². The minimum atomic E-state index is -2.13.